The van der Waals surface area contributed by atoms with E-state index in [0.717, 1.165) is 19.3 Å². The summed E-state index contributed by atoms with van der Waals surface area (Å²) in [6.45, 7) is 6.43. The second-order valence-corrected chi connectivity index (χ2v) is 14.1. The third-order valence-electron chi connectivity index (χ3n) is 11.0. The van der Waals surface area contributed by atoms with Gasteiger partial charge in [0.2, 0.25) is 5.91 Å². The van der Waals surface area contributed by atoms with Gasteiger partial charge in [-0.3, -0.25) is 4.79 Å². The van der Waals surface area contributed by atoms with E-state index < -0.39 is 34.2 Å². The van der Waals surface area contributed by atoms with Gasteiger partial charge in [-0.1, -0.05) is 33.6 Å². The zero-order valence-corrected chi connectivity index (χ0v) is 28.1. The first kappa shape index (κ1) is 34.5. The van der Waals surface area contributed by atoms with Crippen LogP contribution < -0.4 is 69.5 Å². The molecule has 1 amide bonds. The van der Waals surface area contributed by atoms with E-state index in [1.54, 1.807) is 0 Å². The van der Waals surface area contributed by atoms with E-state index >= 15 is 0 Å². The normalized spacial score (nSPS) is 43.8. The largest absolute Gasteiger partial charge is 1.00 e. The summed E-state index contributed by atoms with van der Waals surface area (Å²) in [6.07, 6.45) is 4.90. The molecule has 4 aliphatic rings. The van der Waals surface area contributed by atoms with Crippen molar-refractivity contribution >= 4 is 16.0 Å². The molecule has 4 saturated carbocycles. The SMILES string of the molecule is C[C@H](CCC(=O)NCCS(=O)(=O)[O-])[C@H]1CCC2C3C(C[C@H](O)[C@@]21C)[C@@]1(C)CC[C@@H]([O-])CC1C[C@H]3O.[Na+].[Na+]. The molecular formula is C26H43NNa2O7S. The molecule has 0 spiro atoms. The van der Waals surface area contributed by atoms with Crippen molar-refractivity contribution in [3.05, 3.63) is 0 Å². The molecule has 0 saturated heterocycles. The van der Waals surface area contributed by atoms with E-state index in [1.807, 2.05) is 0 Å². The van der Waals surface area contributed by atoms with E-state index in [4.69, 9.17) is 0 Å². The van der Waals surface area contributed by atoms with Gasteiger partial charge < -0.3 is 25.2 Å². The van der Waals surface area contributed by atoms with Crippen LogP contribution in [0.25, 0.3) is 0 Å². The van der Waals surface area contributed by atoms with E-state index in [-0.39, 0.29) is 124 Å². The van der Waals surface area contributed by atoms with Crippen LogP contribution in [-0.4, -0.2) is 59.7 Å². The molecule has 4 fully saturated rings. The summed E-state index contributed by atoms with van der Waals surface area (Å²) in [5, 5.41) is 37.7. The molecule has 0 aliphatic heterocycles. The molecule has 4 rings (SSSR count). The Kier molecular flexibility index (Phi) is 12.2. The molecule has 0 aromatic carbocycles. The summed E-state index contributed by atoms with van der Waals surface area (Å²) in [5.74, 6) is 0.369. The number of fused-ring (bicyclic) bond motifs is 5. The third-order valence-corrected chi connectivity index (χ3v) is 11.7. The molecule has 8 nitrogen and oxygen atoms in total. The molecule has 0 radical (unpaired) electrons. The van der Waals surface area contributed by atoms with Gasteiger partial charge in [-0.05, 0) is 84.9 Å². The number of hydrogen-bond acceptors (Lipinski definition) is 7. The first-order chi connectivity index (χ1) is 16.3. The first-order valence-electron chi connectivity index (χ1n) is 13.5. The Balaban J connectivity index is 0.00000241. The molecule has 3 N–H and O–H groups in total. The number of amides is 1. The summed E-state index contributed by atoms with van der Waals surface area (Å²) in [4.78, 5) is 12.2. The summed E-state index contributed by atoms with van der Waals surface area (Å²) in [5.41, 5.74) is -0.319. The number of carbonyl (C=O) groups excluding carboxylic acids is 1. The zero-order chi connectivity index (χ0) is 25.8. The number of aliphatic hydroxyl groups is 2. The van der Waals surface area contributed by atoms with Crippen LogP contribution >= 0.6 is 0 Å². The summed E-state index contributed by atoms with van der Waals surface area (Å²) < 4.78 is 32.2. The van der Waals surface area contributed by atoms with Gasteiger partial charge >= 0.3 is 59.1 Å². The number of carbonyl (C=O) groups is 1. The van der Waals surface area contributed by atoms with E-state index in [0.29, 0.717) is 32.1 Å². The Morgan fingerprint density at radius 1 is 1.08 bits per heavy atom. The molecule has 0 aromatic heterocycles. The molecule has 0 heterocycles. The third kappa shape index (κ3) is 6.85. The molecule has 0 bridgehead atoms. The molecule has 11 heteroatoms. The maximum absolute atomic E-state index is 12.2. The number of nitrogens with one attached hydrogen (secondary N) is 1. The van der Waals surface area contributed by atoms with Crippen LogP contribution in [0.4, 0.5) is 0 Å². The molecule has 202 valence electrons. The van der Waals surface area contributed by atoms with Crippen molar-refractivity contribution in [3.8, 4) is 0 Å². The average Bonchev–Trinajstić information content (AvgIpc) is 3.12. The Hall–Kier alpha value is 1.26. The van der Waals surface area contributed by atoms with Gasteiger partial charge in [0.1, 0.15) is 0 Å². The van der Waals surface area contributed by atoms with Gasteiger partial charge in [-0.25, -0.2) is 8.42 Å². The predicted molar refractivity (Wildman–Crippen MR) is 128 cm³/mol. The first-order valence-corrected chi connectivity index (χ1v) is 15.1. The van der Waals surface area contributed by atoms with Gasteiger partial charge in [0.15, 0.2) is 0 Å². The van der Waals surface area contributed by atoms with Gasteiger partial charge in [-0.15, -0.1) is 6.10 Å². The van der Waals surface area contributed by atoms with Crippen LogP contribution in [0.2, 0.25) is 0 Å². The van der Waals surface area contributed by atoms with Gasteiger partial charge in [0, 0.05) is 13.0 Å². The van der Waals surface area contributed by atoms with Crippen molar-refractivity contribution in [2.24, 2.45) is 46.3 Å². The van der Waals surface area contributed by atoms with Crippen LogP contribution in [0.15, 0.2) is 0 Å². The monoisotopic (exact) mass is 559 g/mol. The van der Waals surface area contributed by atoms with Crippen molar-refractivity contribution in [2.45, 2.75) is 96.9 Å². The Morgan fingerprint density at radius 3 is 2.41 bits per heavy atom. The molecule has 37 heavy (non-hydrogen) atoms. The summed E-state index contributed by atoms with van der Waals surface area (Å²) in [7, 11) is -4.35. The van der Waals surface area contributed by atoms with Crippen molar-refractivity contribution in [2.75, 3.05) is 12.3 Å². The van der Waals surface area contributed by atoms with Crippen molar-refractivity contribution in [1.29, 1.82) is 0 Å². The minimum Gasteiger partial charge on any atom is -0.852 e. The standard InChI is InChI=1S/C26H44NO7S.2Na/c1-15(4-7-23(31)27-10-11-35(32,33)34)18-5-6-19-24-20(14-22(30)26(18,19)3)25(2)9-8-17(28)12-16(25)13-21(24)29;;/h15-22,24,29-30H,4-14H2,1-3H3,(H,27,31)(H,32,33,34);;/q-1;2*+1/p-1/t15-,16?,17-,18-,19?,20?,21-,22+,24?,25+,26-;;/m1../s1. The molecule has 0 aromatic rings. The predicted octanol–water partition coefficient (Wildman–Crippen LogP) is -4.60. The van der Waals surface area contributed by atoms with E-state index in [2.05, 4.69) is 26.1 Å². The van der Waals surface area contributed by atoms with Crippen LogP contribution in [0.3, 0.4) is 0 Å². The van der Waals surface area contributed by atoms with Gasteiger partial charge in [0.05, 0.1) is 28.1 Å². The van der Waals surface area contributed by atoms with Crippen LogP contribution in [0, 0.1) is 46.3 Å². The average molecular weight is 560 g/mol. The van der Waals surface area contributed by atoms with Gasteiger partial charge in [-0.2, -0.15) is 0 Å². The Morgan fingerprint density at radius 2 is 1.76 bits per heavy atom. The van der Waals surface area contributed by atoms with Crippen molar-refractivity contribution in [3.63, 3.8) is 0 Å². The Bertz CT molecular complexity index is 907. The topological polar surface area (TPSA) is 150 Å². The van der Waals surface area contributed by atoms with Crippen LogP contribution in [0.5, 0.6) is 0 Å². The molecular weight excluding hydrogens is 516 g/mol. The maximum atomic E-state index is 12.2. The van der Waals surface area contributed by atoms with Crippen molar-refractivity contribution < 1.29 is 92.2 Å². The van der Waals surface area contributed by atoms with E-state index in [1.165, 1.54) is 0 Å². The molecule has 11 atom stereocenters. The summed E-state index contributed by atoms with van der Waals surface area (Å²) in [6, 6.07) is 0. The smallest absolute Gasteiger partial charge is 0.852 e. The van der Waals surface area contributed by atoms with Gasteiger partial charge in [0.25, 0.3) is 0 Å². The molecule has 4 unspecified atom stereocenters. The minimum absolute atomic E-state index is 0. The second kappa shape index (κ2) is 13.1. The van der Waals surface area contributed by atoms with E-state index in [9.17, 15) is 33.1 Å². The fraction of sp³-hybridized carbons (Fsp3) is 0.962. The Labute approximate surface area is 266 Å². The quantitative estimate of drug-likeness (QED) is 0.210. The van der Waals surface area contributed by atoms with Crippen molar-refractivity contribution in [1.82, 2.24) is 5.32 Å². The van der Waals surface area contributed by atoms with Crippen LogP contribution in [-0.2, 0) is 14.9 Å². The number of hydrogen-bond donors (Lipinski definition) is 3. The second-order valence-electron chi connectivity index (χ2n) is 12.6. The number of rotatable bonds is 7. The fourth-order valence-electron chi connectivity index (χ4n) is 9.08. The minimum atomic E-state index is -4.35. The number of aliphatic hydroxyl groups excluding tert-OH is 2. The molecule has 4 aliphatic carbocycles. The fourth-order valence-corrected chi connectivity index (χ4v) is 9.43. The maximum Gasteiger partial charge on any atom is 1.00 e. The zero-order valence-electron chi connectivity index (χ0n) is 23.3. The van der Waals surface area contributed by atoms with Crippen LogP contribution in [0.1, 0.15) is 78.6 Å². The summed E-state index contributed by atoms with van der Waals surface area (Å²) >= 11 is 0.